The first kappa shape index (κ1) is 20.2. The predicted molar refractivity (Wildman–Crippen MR) is 109 cm³/mol. The van der Waals surface area contributed by atoms with Gasteiger partial charge in [0, 0.05) is 16.6 Å². The van der Waals surface area contributed by atoms with E-state index in [4.69, 9.17) is 16.3 Å². The first-order chi connectivity index (χ1) is 13.4. The molecule has 0 radical (unpaired) electrons. The highest BCUT2D eigenvalue weighted by atomic mass is 35.5. The first-order valence-corrected chi connectivity index (χ1v) is 10.1. The Morgan fingerprint density at radius 3 is 2.64 bits per heavy atom. The molecule has 0 aromatic heterocycles. The van der Waals surface area contributed by atoms with E-state index in [9.17, 15) is 14.9 Å². The molecule has 2 amide bonds. The molecule has 1 fully saturated rings. The van der Waals surface area contributed by atoms with Gasteiger partial charge in [-0.25, -0.2) is 0 Å². The molecule has 7 heteroatoms. The summed E-state index contributed by atoms with van der Waals surface area (Å²) in [7, 11) is 0. The van der Waals surface area contributed by atoms with E-state index < -0.39 is 5.25 Å². The van der Waals surface area contributed by atoms with Gasteiger partial charge in [0.15, 0.2) is 0 Å². The number of carbonyl (C=O) groups is 2. The van der Waals surface area contributed by atoms with Crippen LogP contribution in [0.2, 0.25) is 5.02 Å². The van der Waals surface area contributed by atoms with Crippen LogP contribution in [0.1, 0.15) is 30.5 Å². The number of halogens is 1. The number of nitrogens with zero attached hydrogens (tertiary/aromatic N) is 2. The number of thioether (sulfide) groups is 1. The van der Waals surface area contributed by atoms with Crippen molar-refractivity contribution in [2.24, 2.45) is 0 Å². The molecule has 0 bridgehead atoms. The van der Waals surface area contributed by atoms with Crippen LogP contribution in [0.25, 0.3) is 0 Å². The molecule has 0 spiro atoms. The maximum Gasteiger partial charge on any atom is 0.289 e. The Hall–Kier alpha value is -2.49. The lowest BCUT2D eigenvalue weighted by atomic mass is 10.1. The third-order valence-electron chi connectivity index (χ3n) is 4.42. The van der Waals surface area contributed by atoms with Gasteiger partial charge in [-0.1, -0.05) is 41.6 Å². The van der Waals surface area contributed by atoms with Crippen LogP contribution in [0.3, 0.4) is 0 Å². The van der Waals surface area contributed by atoms with Crippen molar-refractivity contribution >= 4 is 34.5 Å². The van der Waals surface area contributed by atoms with E-state index in [1.165, 1.54) is 4.90 Å². The molecular formula is C21H19ClN2O3S. The molecule has 0 N–H and O–H groups in total. The van der Waals surface area contributed by atoms with Gasteiger partial charge in [0.2, 0.25) is 5.91 Å². The highest BCUT2D eigenvalue weighted by Gasteiger charge is 2.41. The molecule has 144 valence electrons. The molecule has 28 heavy (non-hydrogen) atoms. The molecule has 5 nitrogen and oxygen atoms in total. The van der Waals surface area contributed by atoms with E-state index in [0.29, 0.717) is 22.8 Å². The van der Waals surface area contributed by atoms with E-state index >= 15 is 0 Å². The smallest absolute Gasteiger partial charge is 0.289 e. The number of carbonyl (C=O) groups excluding carboxylic acids is 2. The van der Waals surface area contributed by atoms with Crippen LogP contribution in [0.4, 0.5) is 4.79 Å². The SMILES string of the molecule is CC(C)N1C(=O)SC(Cc2cc(Cl)ccc2OCc2ccccc2C#N)C1=O. The van der Waals surface area contributed by atoms with E-state index in [2.05, 4.69) is 6.07 Å². The Labute approximate surface area is 173 Å². The second-order valence-electron chi connectivity index (χ2n) is 6.69. The zero-order valence-electron chi connectivity index (χ0n) is 15.5. The van der Waals surface area contributed by atoms with Crippen molar-refractivity contribution < 1.29 is 14.3 Å². The molecular weight excluding hydrogens is 396 g/mol. The van der Waals surface area contributed by atoms with Gasteiger partial charge in [-0.3, -0.25) is 14.5 Å². The number of hydrogen-bond donors (Lipinski definition) is 0. The van der Waals surface area contributed by atoms with Crippen molar-refractivity contribution in [3.63, 3.8) is 0 Å². The summed E-state index contributed by atoms with van der Waals surface area (Å²) >= 11 is 7.18. The number of imide groups is 1. The third-order valence-corrected chi connectivity index (χ3v) is 5.70. The largest absolute Gasteiger partial charge is 0.489 e. The minimum Gasteiger partial charge on any atom is -0.489 e. The Morgan fingerprint density at radius 1 is 1.21 bits per heavy atom. The van der Waals surface area contributed by atoms with Crippen LogP contribution in [0, 0.1) is 11.3 Å². The molecule has 1 aliphatic rings. The van der Waals surface area contributed by atoms with E-state index in [1.54, 1.807) is 30.3 Å². The summed E-state index contributed by atoms with van der Waals surface area (Å²) in [6.45, 7) is 3.86. The fourth-order valence-electron chi connectivity index (χ4n) is 3.03. The lowest BCUT2D eigenvalue weighted by Crippen LogP contribution is -2.37. The number of benzene rings is 2. The number of rotatable bonds is 6. The maximum atomic E-state index is 12.6. The molecule has 3 rings (SSSR count). The van der Waals surface area contributed by atoms with Crippen LogP contribution in [0.5, 0.6) is 5.75 Å². The molecule has 0 aliphatic carbocycles. The zero-order chi connectivity index (χ0) is 20.3. The van der Waals surface area contributed by atoms with Crippen LogP contribution >= 0.6 is 23.4 Å². The fourth-order valence-corrected chi connectivity index (χ4v) is 4.36. The Kier molecular flexibility index (Phi) is 6.28. The predicted octanol–water partition coefficient (Wildman–Crippen LogP) is 4.81. The van der Waals surface area contributed by atoms with Gasteiger partial charge >= 0.3 is 0 Å². The summed E-state index contributed by atoms with van der Waals surface area (Å²) in [5.74, 6) is 0.395. The topological polar surface area (TPSA) is 70.4 Å². The van der Waals surface area contributed by atoms with Crippen LogP contribution in [0.15, 0.2) is 42.5 Å². The van der Waals surface area contributed by atoms with E-state index in [-0.39, 0.29) is 23.8 Å². The van der Waals surface area contributed by atoms with Gasteiger partial charge < -0.3 is 4.74 Å². The van der Waals surface area contributed by atoms with Crippen molar-refractivity contribution in [3.05, 3.63) is 64.2 Å². The molecule has 2 aromatic carbocycles. The summed E-state index contributed by atoms with van der Waals surface area (Å²) in [5, 5.41) is 9.03. The van der Waals surface area contributed by atoms with Crippen molar-refractivity contribution in [3.8, 4) is 11.8 Å². The lowest BCUT2D eigenvalue weighted by Gasteiger charge is -2.18. The molecule has 1 saturated heterocycles. The van der Waals surface area contributed by atoms with Gasteiger partial charge in [0.05, 0.1) is 16.9 Å². The monoisotopic (exact) mass is 414 g/mol. The van der Waals surface area contributed by atoms with Crippen LogP contribution in [-0.2, 0) is 17.8 Å². The zero-order valence-corrected chi connectivity index (χ0v) is 17.1. The number of hydrogen-bond acceptors (Lipinski definition) is 5. The van der Waals surface area contributed by atoms with Gasteiger partial charge in [0.25, 0.3) is 5.24 Å². The summed E-state index contributed by atoms with van der Waals surface area (Å²) in [5.41, 5.74) is 2.09. The van der Waals surface area contributed by atoms with Gasteiger partial charge in [-0.05, 0) is 50.1 Å². The van der Waals surface area contributed by atoms with Crippen molar-refractivity contribution in [1.82, 2.24) is 4.90 Å². The molecule has 0 saturated carbocycles. The molecule has 1 heterocycles. The molecule has 1 atom stereocenters. The second-order valence-corrected chi connectivity index (χ2v) is 8.28. The molecule has 1 unspecified atom stereocenters. The first-order valence-electron chi connectivity index (χ1n) is 8.83. The van der Waals surface area contributed by atoms with Gasteiger partial charge in [-0.15, -0.1) is 0 Å². The normalized spacial score (nSPS) is 16.5. The Morgan fingerprint density at radius 2 is 1.96 bits per heavy atom. The number of amides is 2. The average Bonchev–Trinajstić information content (AvgIpc) is 2.94. The summed E-state index contributed by atoms with van der Waals surface area (Å²) in [6.07, 6.45) is 0.342. The van der Waals surface area contributed by atoms with E-state index in [0.717, 1.165) is 22.9 Å². The van der Waals surface area contributed by atoms with E-state index in [1.807, 2.05) is 26.0 Å². The summed E-state index contributed by atoms with van der Waals surface area (Å²) in [4.78, 5) is 26.0. The summed E-state index contributed by atoms with van der Waals surface area (Å²) in [6, 6.07) is 14.4. The fraction of sp³-hybridized carbons (Fsp3) is 0.286. The van der Waals surface area contributed by atoms with Gasteiger partial charge in [-0.2, -0.15) is 5.26 Å². The highest BCUT2D eigenvalue weighted by Crippen LogP contribution is 2.34. The number of nitriles is 1. The molecule has 1 aliphatic heterocycles. The van der Waals surface area contributed by atoms with Crippen molar-refractivity contribution in [2.45, 2.75) is 38.2 Å². The number of ether oxygens (including phenoxy) is 1. The average molecular weight is 415 g/mol. The van der Waals surface area contributed by atoms with Crippen molar-refractivity contribution in [2.75, 3.05) is 0 Å². The minimum absolute atomic E-state index is 0.171. The maximum absolute atomic E-state index is 12.6. The Balaban J connectivity index is 1.79. The standard InChI is InChI=1S/C21H19ClN2O3S/c1-13(2)24-20(25)19(28-21(24)26)10-16-9-17(22)7-8-18(16)27-12-15-6-4-3-5-14(15)11-23/h3-9,13,19H,10,12H2,1-2H3. The summed E-state index contributed by atoms with van der Waals surface area (Å²) < 4.78 is 5.94. The lowest BCUT2D eigenvalue weighted by molar-refractivity contribution is -0.127. The van der Waals surface area contributed by atoms with Crippen molar-refractivity contribution in [1.29, 1.82) is 5.26 Å². The highest BCUT2D eigenvalue weighted by molar-refractivity contribution is 8.15. The third kappa shape index (κ3) is 4.32. The second kappa shape index (κ2) is 8.68. The quantitative estimate of drug-likeness (QED) is 0.678. The Bertz CT molecular complexity index is 955. The van der Waals surface area contributed by atoms with Crippen LogP contribution in [-0.4, -0.2) is 27.3 Å². The van der Waals surface area contributed by atoms with Crippen LogP contribution < -0.4 is 4.74 Å². The van der Waals surface area contributed by atoms with Gasteiger partial charge in [0.1, 0.15) is 12.4 Å². The minimum atomic E-state index is -0.498. The molecule has 2 aromatic rings.